The average Bonchev–Trinajstić information content (AvgIpc) is 3.19. The summed E-state index contributed by atoms with van der Waals surface area (Å²) < 4.78 is 37.0. The number of alkyl halides is 2. The first kappa shape index (κ1) is 25.2. The van der Waals surface area contributed by atoms with Crippen LogP contribution in [0.4, 0.5) is 14.6 Å². The highest BCUT2D eigenvalue weighted by Gasteiger charge is 2.46. The molecular weight excluding hydrogens is 512 g/mol. The molecule has 2 fully saturated rings. The lowest BCUT2D eigenvalue weighted by Crippen LogP contribution is -2.49. The zero-order valence-electron chi connectivity index (χ0n) is 21.1. The molecule has 0 N–H and O–H groups in total. The lowest BCUT2D eigenvalue weighted by atomic mass is 9.95. The molecule has 0 atom stereocenters. The molecule has 6 rings (SSSR count). The van der Waals surface area contributed by atoms with Crippen LogP contribution in [-0.4, -0.2) is 63.4 Å². The molecule has 0 aliphatic carbocycles. The third kappa shape index (κ3) is 4.64. The predicted octanol–water partition coefficient (Wildman–Crippen LogP) is 4.48. The summed E-state index contributed by atoms with van der Waals surface area (Å²) in [6, 6.07) is 11.5. The third-order valence-electron chi connectivity index (χ3n) is 7.84. The van der Waals surface area contributed by atoms with E-state index in [9.17, 15) is 14.0 Å². The fraction of sp³-hybridized carbons (Fsp3) is 0.481. The molecule has 3 aliphatic heterocycles. The number of aromatic nitrogens is 4. The van der Waals surface area contributed by atoms with Crippen molar-refractivity contribution in [2.45, 2.75) is 44.7 Å². The monoisotopic (exact) mass is 539 g/mol. The van der Waals surface area contributed by atoms with E-state index in [0.717, 1.165) is 54.5 Å². The van der Waals surface area contributed by atoms with Crippen LogP contribution in [-0.2, 0) is 17.8 Å². The zero-order valence-corrected chi connectivity index (χ0v) is 21.8. The molecule has 0 spiro atoms. The van der Waals surface area contributed by atoms with Crippen LogP contribution >= 0.6 is 11.6 Å². The minimum Gasteiger partial charge on any atom is -0.380 e. The molecule has 11 heteroatoms. The number of ether oxygens (including phenoxy) is 1. The summed E-state index contributed by atoms with van der Waals surface area (Å²) in [5, 5.41) is 18.9. The molecular formula is C27H28ClF2N7O. The van der Waals surface area contributed by atoms with E-state index < -0.39 is 11.8 Å². The van der Waals surface area contributed by atoms with Crippen LogP contribution < -0.4 is 4.90 Å². The van der Waals surface area contributed by atoms with Gasteiger partial charge in [-0.05, 0) is 55.7 Å². The number of nitrogens with zero attached hydrogens (tertiary/aromatic N) is 7. The number of hydrogen-bond donors (Lipinski definition) is 0. The Kier molecular flexibility index (Phi) is 6.54. The van der Waals surface area contributed by atoms with E-state index in [2.05, 4.69) is 30.7 Å². The van der Waals surface area contributed by atoms with E-state index in [-0.39, 0.29) is 32.2 Å². The summed E-state index contributed by atoms with van der Waals surface area (Å²) in [7, 11) is 0. The fourth-order valence-corrected chi connectivity index (χ4v) is 5.78. The second-order valence-corrected chi connectivity index (χ2v) is 10.8. The van der Waals surface area contributed by atoms with E-state index in [4.69, 9.17) is 16.3 Å². The number of fused-ring (bicyclic) bond motifs is 3. The van der Waals surface area contributed by atoms with Gasteiger partial charge in [-0.1, -0.05) is 11.6 Å². The van der Waals surface area contributed by atoms with Gasteiger partial charge in [0.1, 0.15) is 17.7 Å². The zero-order chi connectivity index (χ0) is 26.4. The molecule has 2 aromatic heterocycles. The summed E-state index contributed by atoms with van der Waals surface area (Å²) in [5.41, 5.74) is 3.09. The molecule has 0 bridgehead atoms. The van der Waals surface area contributed by atoms with Crippen molar-refractivity contribution in [1.82, 2.24) is 24.6 Å². The summed E-state index contributed by atoms with van der Waals surface area (Å²) in [4.78, 5) is 8.59. The number of piperidine rings is 1. The number of nitriles is 1. The van der Waals surface area contributed by atoms with Crippen LogP contribution in [0.25, 0.3) is 5.69 Å². The number of aryl methyl sites for hydroxylation is 1. The smallest absolute Gasteiger partial charge is 0.267 e. The molecule has 3 aromatic rings. The number of rotatable bonds is 5. The van der Waals surface area contributed by atoms with Crippen LogP contribution in [0.1, 0.15) is 47.2 Å². The molecule has 1 aromatic carbocycles. The van der Waals surface area contributed by atoms with E-state index in [1.807, 2.05) is 37.3 Å². The Morgan fingerprint density at radius 3 is 2.61 bits per heavy atom. The van der Waals surface area contributed by atoms with Gasteiger partial charge in [-0.25, -0.2) is 13.8 Å². The minimum atomic E-state index is -2.85. The van der Waals surface area contributed by atoms with Crippen molar-refractivity contribution < 1.29 is 13.5 Å². The molecule has 38 heavy (non-hydrogen) atoms. The van der Waals surface area contributed by atoms with Crippen molar-refractivity contribution in [2.24, 2.45) is 5.92 Å². The van der Waals surface area contributed by atoms with E-state index in [1.54, 1.807) is 4.90 Å². The molecule has 3 aliphatic rings. The highest BCUT2D eigenvalue weighted by Crippen LogP contribution is 2.37. The van der Waals surface area contributed by atoms with Gasteiger partial charge in [0, 0.05) is 30.6 Å². The van der Waals surface area contributed by atoms with Crippen LogP contribution in [0.15, 0.2) is 30.3 Å². The summed E-state index contributed by atoms with van der Waals surface area (Å²) in [6.07, 6.45) is 1.70. The maximum absolute atomic E-state index is 14.9. The standard InChI is InChI=1S/C27H28ClF2N7O/c1-17-19(11-31)2-5-24(32-17)36-8-6-18(7-9-36)26-34-33-25-13-35(16-27(29,30)21-14-38-15-21)12-20-10-22(28)3-4-23(20)37(25)26/h2-5,10,18,21H,6-9,12-16H2,1H3. The third-order valence-corrected chi connectivity index (χ3v) is 8.08. The Hall–Kier alpha value is -3.13. The van der Waals surface area contributed by atoms with Crippen LogP contribution in [0.2, 0.25) is 5.02 Å². The van der Waals surface area contributed by atoms with E-state index in [0.29, 0.717) is 23.0 Å². The van der Waals surface area contributed by atoms with Gasteiger partial charge in [-0.2, -0.15) is 5.26 Å². The normalized spacial score (nSPS) is 18.9. The number of pyridine rings is 1. The lowest BCUT2D eigenvalue weighted by Gasteiger charge is -2.36. The molecule has 5 heterocycles. The molecule has 198 valence electrons. The number of hydrogen-bond acceptors (Lipinski definition) is 7. The summed E-state index contributed by atoms with van der Waals surface area (Å²) in [5.74, 6) is -1.05. The van der Waals surface area contributed by atoms with Gasteiger partial charge in [-0.15, -0.1) is 10.2 Å². The van der Waals surface area contributed by atoms with Crippen molar-refractivity contribution in [2.75, 3.05) is 37.7 Å². The van der Waals surface area contributed by atoms with Gasteiger partial charge in [0.15, 0.2) is 5.82 Å². The minimum absolute atomic E-state index is 0.0971. The summed E-state index contributed by atoms with van der Waals surface area (Å²) in [6.45, 7) is 3.88. The first-order valence-electron chi connectivity index (χ1n) is 12.9. The number of benzene rings is 1. The Bertz CT molecular complexity index is 1390. The van der Waals surface area contributed by atoms with Crippen molar-refractivity contribution in [3.05, 3.63) is 63.8 Å². The lowest BCUT2D eigenvalue weighted by molar-refractivity contribution is -0.179. The molecule has 0 amide bonds. The second kappa shape index (κ2) is 9.88. The molecule has 0 radical (unpaired) electrons. The Morgan fingerprint density at radius 2 is 1.92 bits per heavy atom. The largest absolute Gasteiger partial charge is 0.380 e. The van der Waals surface area contributed by atoms with Crippen molar-refractivity contribution in [1.29, 1.82) is 5.26 Å². The van der Waals surface area contributed by atoms with E-state index >= 15 is 0 Å². The van der Waals surface area contributed by atoms with Crippen molar-refractivity contribution in [3.63, 3.8) is 0 Å². The van der Waals surface area contributed by atoms with Crippen LogP contribution in [0.3, 0.4) is 0 Å². The molecule has 0 unspecified atom stereocenters. The average molecular weight is 540 g/mol. The maximum Gasteiger partial charge on any atom is 0.267 e. The van der Waals surface area contributed by atoms with Crippen molar-refractivity contribution in [3.8, 4) is 11.8 Å². The SMILES string of the molecule is Cc1nc(N2CCC(c3nnc4n3-c3ccc(Cl)cc3CN(CC(F)(F)C3COC3)C4)CC2)ccc1C#N. The van der Waals surface area contributed by atoms with Crippen LogP contribution in [0, 0.1) is 24.2 Å². The first-order valence-corrected chi connectivity index (χ1v) is 13.2. The summed E-state index contributed by atoms with van der Waals surface area (Å²) >= 11 is 6.33. The molecule has 8 nitrogen and oxygen atoms in total. The van der Waals surface area contributed by atoms with Gasteiger partial charge < -0.3 is 9.64 Å². The van der Waals surface area contributed by atoms with Gasteiger partial charge in [0.2, 0.25) is 0 Å². The highest BCUT2D eigenvalue weighted by molar-refractivity contribution is 6.30. The molecule has 0 saturated carbocycles. The molecule has 2 saturated heterocycles. The Labute approximate surface area is 224 Å². The van der Waals surface area contributed by atoms with Gasteiger partial charge in [0.25, 0.3) is 5.92 Å². The topological polar surface area (TPSA) is 83.1 Å². The van der Waals surface area contributed by atoms with Gasteiger partial charge in [-0.3, -0.25) is 9.47 Å². The van der Waals surface area contributed by atoms with Gasteiger partial charge in [0.05, 0.1) is 49.2 Å². The number of anilines is 1. The van der Waals surface area contributed by atoms with Gasteiger partial charge >= 0.3 is 0 Å². The van der Waals surface area contributed by atoms with Crippen LogP contribution in [0.5, 0.6) is 0 Å². The maximum atomic E-state index is 14.9. The first-order chi connectivity index (χ1) is 18.3. The Balaban J connectivity index is 1.25. The Morgan fingerprint density at radius 1 is 1.13 bits per heavy atom. The van der Waals surface area contributed by atoms with Crippen molar-refractivity contribution >= 4 is 17.4 Å². The second-order valence-electron chi connectivity index (χ2n) is 10.4. The quantitative estimate of drug-likeness (QED) is 0.473. The number of halogens is 3. The van der Waals surface area contributed by atoms with E-state index in [1.165, 1.54) is 0 Å². The predicted molar refractivity (Wildman–Crippen MR) is 138 cm³/mol. The fourth-order valence-electron chi connectivity index (χ4n) is 5.58. The highest BCUT2D eigenvalue weighted by atomic mass is 35.5.